The molecule has 1 aromatic carbocycles. The van der Waals surface area contributed by atoms with E-state index in [0.29, 0.717) is 33.4 Å². The van der Waals surface area contributed by atoms with Crippen LogP contribution >= 0.6 is 0 Å². The van der Waals surface area contributed by atoms with Crippen LogP contribution in [-0.2, 0) is 0 Å². The molecule has 3 heteroatoms. The summed E-state index contributed by atoms with van der Waals surface area (Å²) in [6.45, 7) is -1.72. The van der Waals surface area contributed by atoms with Gasteiger partial charge in [0, 0.05) is 37.8 Å². The van der Waals surface area contributed by atoms with E-state index in [1.54, 1.807) is 19.1 Å². The van der Waals surface area contributed by atoms with Gasteiger partial charge in [-0.2, -0.15) is 0 Å². The number of pyridine rings is 2. The number of aromatic nitrogens is 2. The molecule has 4 rings (SSSR count). The van der Waals surface area contributed by atoms with Crippen molar-refractivity contribution in [1.29, 1.82) is 0 Å². The summed E-state index contributed by atoms with van der Waals surface area (Å²) >= 11 is 0. The lowest BCUT2D eigenvalue weighted by Crippen LogP contribution is -1.95. The maximum atomic E-state index is 8.33. The van der Waals surface area contributed by atoms with Gasteiger partial charge in [0.1, 0.15) is 5.58 Å². The number of furan rings is 1. The van der Waals surface area contributed by atoms with Crippen LogP contribution in [-0.4, -0.2) is 9.97 Å². The Morgan fingerprint density at radius 1 is 1.21 bits per heavy atom. The van der Waals surface area contributed by atoms with Crippen LogP contribution in [0.2, 0.25) is 0 Å². The molecule has 1 atom stereocenters. The normalized spacial score (nSPS) is 19.5. The fourth-order valence-corrected chi connectivity index (χ4v) is 2.98. The van der Waals surface area contributed by atoms with Crippen LogP contribution < -0.4 is 0 Å². The maximum absolute atomic E-state index is 8.33. The molecule has 0 bridgehead atoms. The van der Waals surface area contributed by atoms with Crippen LogP contribution in [0.4, 0.5) is 0 Å². The van der Waals surface area contributed by atoms with Crippen LogP contribution in [0, 0.1) is 13.8 Å². The van der Waals surface area contributed by atoms with E-state index in [1.165, 1.54) is 19.2 Å². The Kier molecular flexibility index (Phi) is 2.04. The van der Waals surface area contributed by atoms with Crippen LogP contribution in [0.3, 0.4) is 0 Å². The molecule has 0 radical (unpaired) electrons. The van der Waals surface area contributed by atoms with Crippen LogP contribution in [0.15, 0.2) is 47.0 Å². The van der Waals surface area contributed by atoms with Crippen LogP contribution in [0.5, 0.6) is 0 Å². The van der Waals surface area contributed by atoms with Gasteiger partial charge in [-0.1, -0.05) is 25.9 Å². The van der Waals surface area contributed by atoms with Gasteiger partial charge < -0.3 is 4.42 Å². The molecule has 0 N–H and O–H groups in total. The standard InChI is InChI=1S/C21H20N2O/c1-12(2)18-11-22-19(10-13(18)3)17-7-5-6-15-16-9-8-14(4)23-21(16)24-20(15)17/h5-12H,1-4H3/i1D3,4D3,12D. The number of rotatable bonds is 2. The van der Waals surface area contributed by atoms with Gasteiger partial charge in [0.2, 0.25) is 5.71 Å². The van der Waals surface area contributed by atoms with Gasteiger partial charge in [-0.15, -0.1) is 0 Å². The minimum absolute atomic E-state index is 0.0432. The van der Waals surface area contributed by atoms with E-state index in [4.69, 9.17) is 14.0 Å². The van der Waals surface area contributed by atoms with Gasteiger partial charge in [0.25, 0.3) is 0 Å². The Balaban J connectivity index is 1.88. The monoisotopic (exact) mass is 323 g/mol. The summed E-state index contributed by atoms with van der Waals surface area (Å²) < 4.78 is 60.0. The smallest absolute Gasteiger partial charge is 0.227 e. The lowest BCUT2D eigenvalue weighted by molar-refractivity contribution is 0.653. The molecule has 4 aromatic rings. The lowest BCUT2D eigenvalue weighted by Gasteiger charge is -2.11. The lowest BCUT2D eigenvalue weighted by atomic mass is 9.98. The second-order valence-corrected chi connectivity index (χ2v) is 5.84. The molecule has 120 valence electrons. The van der Waals surface area contributed by atoms with E-state index in [2.05, 4.69) is 9.97 Å². The van der Waals surface area contributed by atoms with Crippen LogP contribution in [0.25, 0.3) is 33.3 Å². The molecule has 0 saturated carbocycles. The minimum atomic E-state index is -2.49. The predicted octanol–water partition coefficient (Wildman–Crippen LogP) is 5.78. The molecular weight excluding hydrogens is 296 g/mol. The first-order valence-corrected chi connectivity index (χ1v) is 7.61. The topological polar surface area (TPSA) is 38.9 Å². The highest BCUT2D eigenvalue weighted by Crippen LogP contribution is 2.35. The van der Waals surface area contributed by atoms with E-state index in [-0.39, 0.29) is 11.4 Å². The molecule has 0 aliphatic rings. The molecule has 0 amide bonds. The van der Waals surface area contributed by atoms with Crippen molar-refractivity contribution in [3.63, 3.8) is 0 Å². The first-order chi connectivity index (χ1) is 14.3. The first kappa shape index (κ1) is 8.97. The average molecular weight is 323 g/mol. The summed E-state index contributed by atoms with van der Waals surface area (Å²) in [6, 6.07) is 10.4. The van der Waals surface area contributed by atoms with Crippen LogP contribution in [0.1, 0.15) is 46.1 Å². The Morgan fingerprint density at radius 3 is 2.92 bits per heavy atom. The molecule has 0 spiro atoms. The van der Waals surface area contributed by atoms with E-state index >= 15 is 0 Å². The number of aryl methyl sites for hydroxylation is 2. The van der Waals surface area contributed by atoms with Gasteiger partial charge in [-0.25, -0.2) is 4.98 Å². The highest BCUT2D eigenvalue weighted by Gasteiger charge is 2.15. The zero-order chi connectivity index (χ0) is 22.8. The van der Waals surface area contributed by atoms with E-state index in [0.717, 1.165) is 5.39 Å². The van der Waals surface area contributed by atoms with Crippen molar-refractivity contribution in [2.24, 2.45) is 0 Å². The summed E-state index contributed by atoms with van der Waals surface area (Å²) in [5, 5.41) is 1.47. The summed E-state index contributed by atoms with van der Waals surface area (Å²) in [7, 11) is 0. The molecule has 1 unspecified atom stereocenters. The van der Waals surface area contributed by atoms with Crippen molar-refractivity contribution in [3.8, 4) is 11.3 Å². The Morgan fingerprint density at radius 2 is 2.12 bits per heavy atom. The number of fused-ring (bicyclic) bond motifs is 3. The van der Waals surface area contributed by atoms with Gasteiger partial charge >= 0.3 is 0 Å². The van der Waals surface area contributed by atoms with Crippen molar-refractivity contribution in [2.45, 2.75) is 33.4 Å². The molecule has 3 heterocycles. The number of nitrogens with zero attached hydrogens (tertiary/aromatic N) is 2. The summed E-state index contributed by atoms with van der Waals surface area (Å²) in [6.07, 6.45) is 1.43. The molecule has 0 fully saturated rings. The molecular formula is C21H20N2O. The third-order valence-corrected chi connectivity index (χ3v) is 4.15. The van der Waals surface area contributed by atoms with Crippen molar-refractivity contribution in [3.05, 3.63) is 59.4 Å². The largest absolute Gasteiger partial charge is 0.437 e. The summed E-state index contributed by atoms with van der Waals surface area (Å²) in [5.74, 6) is -1.79. The second-order valence-electron chi connectivity index (χ2n) is 5.84. The molecule has 3 aromatic heterocycles. The molecule has 0 aliphatic heterocycles. The predicted molar refractivity (Wildman–Crippen MR) is 98.3 cm³/mol. The number of benzene rings is 1. The molecule has 0 aliphatic carbocycles. The number of hydrogen-bond donors (Lipinski definition) is 0. The molecule has 24 heavy (non-hydrogen) atoms. The van der Waals surface area contributed by atoms with Gasteiger partial charge in [-0.05, 0) is 55.1 Å². The van der Waals surface area contributed by atoms with Crippen molar-refractivity contribution < 1.29 is 14.0 Å². The minimum Gasteiger partial charge on any atom is -0.437 e. The second kappa shape index (κ2) is 5.45. The van der Waals surface area contributed by atoms with Crippen molar-refractivity contribution >= 4 is 22.1 Å². The summed E-state index contributed by atoms with van der Waals surface area (Å²) in [4.78, 5) is 8.60. The third kappa shape index (κ3) is 2.28. The number of hydrogen-bond acceptors (Lipinski definition) is 3. The Labute approximate surface area is 151 Å². The zero-order valence-electron chi connectivity index (χ0n) is 20.3. The number of para-hydroxylation sites is 1. The highest BCUT2D eigenvalue weighted by atomic mass is 16.3. The fourth-order valence-electron chi connectivity index (χ4n) is 2.98. The quantitative estimate of drug-likeness (QED) is 0.469. The Hall–Kier alpha value is -2.68. The molecule has 3 nitrogen and oxygen atoms in total. The van der Waals surface area contributed by atoms with E-state index < -0.39 is 19.6 Å². The average Bonchev–Trinajstić information content (AvgIpc) is 3.04. The van der Waals surface area contributed by atoms with Gasteiger partial charge in [0.15, 0.2) is 0 Å². The van der Waals surface area contributed by atoms with E-state index in [9.17, 15) is 0 Å². The Bertz CT molecular complexity index is 1300. The SMILES string of the molecule is [2H]C([2H])([2H])c1ccc2c(n1)oc1c(-c3cc(C)c(C([2H])(C)C([2H])([2H])[2H])cn3)cccc12. The maximum Gasteiger partial charge on any atom is 0.227 e. The molecule has 0 saturated heterocycles. The first-order valence-electron chi connectivity index (χ1n) is 11.1. The highest BCUT2D eigenvalue weighted by molar-refractivity contribution is 6.08. The van der Waals surface area contributed by atoms with Crippen molar-refractivity contribution in [1.82, 2.24) is 9.97 Å². The third-order valence-electron chi connectivity index (χ3n) is 4.15. The van der Waals surface area contributed by atoms with Crippen molar-refractivity contribution in [2.75, 3.05) is 0 Å². The van der Waals surface area contributed by atoms with E-state index in [1.807, 2.05) is 18.2 Å². The van der Waals surface area contributed by atoms with Gasteiger partial charge in [0.05, 0.1) is 5.69 Å². The summed E-state index contributed by atoms with van der Waals surface area (Å²) in [5.41, 5.74) is 2.89. The zero-order valence-corrected chi connectivity index (χ0v) is 13.3. The van der Waals surface area contributed by atoms with Gasteiger partial charge in [-0.3, -0.25) is 4.98 Å². The fraction of sp³-hybridized carbons (Fsp3) is 0.238.